The minimum atomic E-state index is -5.29. The van der Waals surface area contributed by atoms with Crippen molar-refractivity contribution in [3.05, 3.63) is 23.3 Å². The summed E-state index contributed by atoms with van der Waals surface area (Å²) >= 11 is 0. The number of aliphatic hydroxyl groups excluding tert-OH is 4. The van der Waals surface area contributed by atoms with Gasteiger partial charge in [-0.15, -0.1) is 0 Å². The zero-order chi connectivity index (χ0) is 46.7. The summed E-state index contributed by atoms with van der Waals surface area (Å²) in [6.07, 6.45) is -0.470. The molecule has 358 valence electrons. The molecule has 8 aliphatic carbocycles. The summed E-state index contributed by atoms with van der Waals surface area (Å²) in [6.45, 7) is 5.40. The Labute approximate surface area is 431 Å². The summed E-state index contributed by atoms with van der Waals surface area (Å²) in [7, 11) is -5.29. The molecular formula is C46H65Na2O17P. The van der Waals surface area contributed by atoms with E-state index in [1.165, 1.54) is 12.2 Å². The smallest absolute Gasteiger partial charge is 1.00 e. The van der Waals surface area contributed by atoms with Crippen molar-refractivity contribution in [3.8, 4) is 0 Å². The van der Waals surface area contributed by atoms with E-state index in [0.29, 0.717) is 49.7 Å². The van der Waals surface area contributed by atoms with Gasteiger partial charge in [0.1, 0.15) is 30.5 Å². The Morgan fingerprint density at radius 3 is 1.55 bits per heavy atom. The van der Waals surface area contributed by atoms with Gasteiger partial charge in [0.15, 0.2) is 23.1 Å². The number of esters is 1. The van der Waals surface area contributed by atoms with Crippen LogP contribution < -0.4 is 59.1 Å². The molecule has 8 aliphatic rings. The van der Waals surface area contributed by atoms with Crippen molar-refractivity contribution in [3.63, 3.8) is 0 Å². The fourth-order valence-corrected chi connectivity index (χ4v) is 16.7. The number of fused-ring (bicyclic) bond motifs is 10. The van der Waals surface area contributed by atoms with Crippen LogP contribution in [0.2, 0.25) is 0 Å². The Balaban J connectivity index is 0.00000252. The van der Waals surface area contributed by atoms with Crippen LogP contribution in [0.5, 0.6) is 0 Å². The molecule has 0 aromatic heterocycles. The van der Waals surface area contributed by atoms with E-state index in [1.54, 1.807) is 20.8 Å². The number of phosphoric ester groups is 1. The van der Waals surface area contributed by atoms with E-state index in [1.807, 2.05) is 6.92 Å². The van der Waals surface area contributed by atoms with Crippen LogP contribution >= 0.6 is 7.82 Å². The molecule has 6 fully saturated rings. The number of carbonyl (C=O) groups is 6. The van der Waals surface area contributed by atoms with Crippen LogP contribution in [0.25, 0.3) is 0 Å². The SMILES string of the molecule is C[C@]12C[C@H](O)[C@H]3[C@@H](CCC4=CC(=O)CC(OC(=O)CCC(=O)OP(=O)(O)OC5CC(=O)C=C6CC[C@@H]7[C@H]([C@@H](O)C[C@@]8(C)[C@H]7CC[C@]8(O)C(=O)CO)[C@]65C)[C@@]43C)[C@@H]1CC[C@]2(O)C(=O)CO.[H-].[H-].[Na+].[Na+]. The molecule has 0 aliphatic heterocycles. The molecule has 0 radical (unpaired) electrons. The quantitative estimate of drug-likeness (QED) is 0.0608. The number of phosphoric acid groups is 1. The minimum absolute atomic E-state index is 0. The van der Waals surface area contributed by atoms with E-state index in [9.17, 15) is 68.9 Å². The van der Waals surface area contributed by atoms with Gasteiger partial charge in [-0.25, -0.2) is 4.57 Å². The molecule has 0 bridgehead atoms. The molecular weight excluding hydrogens is 901 g/mol. The molecule has 0 aromatic rings. The van der Waals surface area contributed by atoms with Crippen molar-refractivity contribution in [2.75, 3.05) is 13.2 Å². The first-order chi connectivity index (χ1) is 29.8. The standard InChI is InChI=1S/C46H63O17P.2Na.2H/c1-41-19-31(51)39-27(29(41)11-13-45(41,57)33(53)21-47)7-5-23-15-25(49)17-35(43(23,39)3)61-37(55)9-10-38(56)63-64(59,60)62-36-18-26(50)16-24-6-8-28-30-12-14-46(58,34(54)22-48)42(30,2)20-32(52)40(28)44(24,36)4;;;;/h15-16,27-32,35-36,39-40,47-48,51-52,57-58H,5-14,17-22H2,1-4H3,(H,59,60);;;;/q;2*+1;2*-1/t27-,28-,29-,30-,31-,32-,35?,36?,39+,40+,41-,42-,43+,44+,45-,46-;;;;/m0..../s1. The van der Waals surface area contributed by atoms with Crippen LogP contribution in [0.1, 0.15) is 120 Å². The fourth-order valence-electron chi connectivity index (χ4n) is 15.7. The Morgan fingerprint density at radius 1 is 0.697 bits per heavy atom. The molecule has 17 atom stereocenters. The average molecular weight is 967 g/mol. The van der Waals surface area contributed by atoms with Gasteiger partial charge in [0.2, 0.25) is 0 Å². The number of carbonyl (C=O) groups excluding carboxylic acids is 6. The van der Waals surface area contributed by atoms with E-state index in [4.69, 9.17) is 13.8 Å². The van der Waals surface area contributed by atoms with E-state index in [2.05, 4.69) is 0 Å². The predicted molar refractivity (Wildman–Crippen MR) is 223 cm³/mol. The third-order valence-corrected chi connectivity index (χ3v) is 19.7. The van der Waals surface area contributed by atoms with Gasteiger partial charge in [0.25, 0.3) is 0 Å². The van der Waals surface area contributed by atoms with Crippen molar-refractivity contribution < 1.29 is 145 Å². The van der Waals surface area contributed by atoms with Crippen molar-refractivity contribution in [2.45, 2.75) is 153 Å². The monoisotopic (exact) mass is 966 g/mol. The number of hydrogen-bond donors (Lipinski definition) is 7. The second-order valence-electron chi connectivity index (χ2n) is 21.3. The molecule has 66 heavy (non-hydrogen) atoms. The summed E-state index contributed by atoms with van der Waals surface area (Å²) in [6, 6.07) is 0. The summed E-state index contributed by atoms with van der Waals surface area (Å²) in [5, 5.41) is 66.3. The van der Waals surface area contributed by atoms with Crippen LogP contribution in [0.3, 0.4) is 0 Å². The van der Waals surface area contributed by atoms with Gasteiger partial charge in [-0.2, -0.15) is 0 Å². The molecule has 0 amide bonds. The Bertz CT molecular complexity index is 2160. The van der Waals surface area contributed by atoms with Crippen LogP contribution in [-0.2, 0) is 47.1 Å². The molecule has 7 N–H and O–H groups in total. The van der Waals surface area contributed by atoms with Gasteiger partial charge in [0.05, 0.1) is 31.2 Å². The van der Waals surface area contributed by atoms with Crippen molar-refractivity contribution in [1.82, 2.24) is 0 Å². The number of Topliss-reactive ketones (excluding diaryl/α,β-unsaturated/α-hetero) is 2. The molecule has 0 heterocycles. The minimum Gasteiger partial charge on any atom is -1.00 e. The van der Waals surface area contributed by atoms with Crippen molar-refractivity contribution in [2.24, 2.45) is 57.2 Å². The first-order valence-corrected chi connectivity index (χ1v) is 24.3. The van der Waals surface area contributed by atoms with Gasteiger partial charge in [-0.1, -0.05) is 38.8 Å². The number of ether oxygens (including phenoxy) is 1. The van der Waals surface area contributed by atoms with Crippen LogP contribution in [0.15, 0.2) is 23.3 Å². The number of aliphatic hydroxyl groups is 6. The van der Waals surface area contributed by atoms with Gasteiger partial charge in [0, 0.05) is 40.4 Å². The van der Waals surface area contributed by atoms with E-state index in [-0.39, 0.29) is 130 Å². The van der Waals surface area contributed by atoms with E-state index in [0.717, 1.165) is 0 Å². The van der Waals surface area contributed by atoms with Crippen LogP contribution in [-0.4, -0.2) is 119 Å². The van der Waals surface area contributed by atoms with Crippen LogP contribution in [0, 0.1) is 57.2 Å². The maximum atomic E-state index is 13.6. The summed E-state index contributed by atoms with van der Waals surface area (Å²) in [5.41, 5.74) is -6.68. The Hall–Kier alpha value is -0.990. The third-order valence-electron chi connectivity index (χ3n) is 18.8. The summed E-state index contributed by atoms with van der Waals surface area (Å²) < 4.78 is 30.2. The van der Waals surface area contributed by atoms with E-state index >= 15 is 0 Å². The number of ketones is 4. The van der Waals surface area contributed by atoms with Gasteiger partial charge < -0.3 is 42.8 Å². The predicted octanol–water partition coefficient (Wildman–Crippen LogP) is -3.25. The first-order valence-electron chi connectivity index (χ1n) is 22.8. The van der Waals surface area contributed by atoms with Crippen molar-refractivity contribution in [1.29, 1.82) is 0 Å². The average Bonchev–Trinajstić information content (AvgIpc) is 3.65. The fraction of sp³-hybridized carbons (Fsp3) is 0.783. The molecule has 0 aromatic carbocycles. The maximum absolute atomic E-state index is 13.6. The Morgan fingerprint density at radius 2 is 1.11 bits per heavy atom. The molecule has 0 spiro atoms. The topological polar surface area (TPSA) is 289 Å². The Kier molecular flexibility index (Phi) is 15.5. The third kappa shape index (κ3) is 8.19. The van der Waals surface area contributed by atoms with E-state index < -0.39 is 132 Å². The first kappa shape index (κ1) is 54.3. The molecule has 3 unspecified atom stereocenters. The van der Waals surface area contributed by atoms with Crippen molar-refractivity contribution >= 4 is 42.9 Å². The van der Waals surface area contributed by atoms with Gasteiger partial charge in [-0.3, -0.25) is 38.2 Å². The largest absolute Gasteiger partial charge is 1.00 e. The zero-order valence-electron chi connectivity index (χ0n) is 40.9. The molecule has 20 heteroatoms. The van der Waals surface area contributed by atoms with Gasteiger partial charge in [-0.05, 0) is 106 Å². The second-order valence-corrected chi connectivity index (χ2v) is 22.6. The second kappa shape index (κ2) is 18.9. The molecule has 8 rings (SSSR count). The zero-order valence-corrected chi connectivity index (χ0v) is 43.8. The molecule has 0 saturated heterocycles. The summed E-state index contributed by atoms with van der Waals surface area (Å²) in [5.74, 6) is -6.44. The summed E-state index contributed by atoms with van der Waals surface area (Å²) in [4.78, 5) is 89.4. The van der Waals surface area contributed by atoms with Gasteiger partial charge >= 0.3 is 78.9 Å². The molecule has 6 saturated carbocycles. The normalized spacial score (nSPS) is 45.3. The number of rotatable bonds is 11. The number of hydrogen-bond acceptors (Lipinski definition) is 16. The maximum Gasteiger partial charge on any atom is 1.00 e. The van der Waals surface area contributed by atoms with Crippen LogP contribution in [0.4, 0.5) is 0 Å². The molecule has 17 nitrogen and oxygen atoms in total.